The number of amides is 1. The fourth-order valence-corrected chi connectivity index (χ4v) is 2.64. The molecule has 1 aliphatic rings. The molecule has 1 aromatic rings. The molecule has 5 heteroatoms. The van der Waals surface area contributed by atoms with Gasteiger partial charge in [0, 0.05) is 12.1 Å². The average Bonchev–Trinajstić information content (AvgIpc) is 2.54. The third-order valence-corrected chi connectivity index (χ3v) is 3.84. The molecule has 1 saturated carbocycles. The lowest BCUT2D eigenvalue weighted by atomic mass is 9.95. The van der Waals surface area contributed by atoms with Crippen LogP contribution in [0.1, 0.15) is 32.1 Å². The van der Waals surface area contributed by atoms with E-state index in [0.29, 0.717) is 29.8 Å². The van der Waals surface area contributed by atoms with Crippen LogP contribution in [0, 0.1) is 0 Å². The van der Waals surface area contributed by atoms with Crippen LogP contribution < -0.4 is 20.1 Å². The fourth-order valence-electron chi connectivity index (χ4n) is 2.64. The summed E-state index contributed by atoms with van der Waals surface area (Å²) in [7, 11) is 3.17. The topological polar surface area (TPSA) is 59.6 Å². The van der Waals surface area contributed by atoms with E-state index in [1.807, 2.05) is 0 Å². The van der Waals surface area contributed by atoms with Gasteiger partial charge in [-0.1, -0.05) is 19.3 Å². The van der Waals surface area contributed by atoms with Gasteiger partial charge in [0.25, 0.3) is 0 Å². The first-order chi connectivity index (χ1) is 10.2. The van der Waals surface area contributed by atoms with E-state index in [-0.39, 0.29) is 5.91 Å². The standard InChI is InChI=1S/C16H24N2O3/c1-20-13-8-9-14(15(10-13)21-2)18-16(19)11-17-12-6-4-3-5-7-12/h8-10,12,17H,3-7,11H2,1-2H3,(H,18,19). The number of rotatable bonds is 6. The quantitative estimate of drug-likeness (QED) is 0.846. The Balaban J connectivity index is 1.86. The maximum Gasteiger partial charge on any atom is 0.238 e. The predicted molar refractivity (Wildman–Crippen MR) is 83.1 cm³/mol. The SMILES string of the molecule is COc1ccc(NC(=O)CNC2CCCCC2)c(OC)c1. The molecule has 0 aromatic heterocycles. The van der Waals surface area contributed by atoms with Gasteiger partial charge in [-0.25, -0.2) is 0 Å². The number of methoxy groups -OCH3 is 2. The first kappa shape index (κ1) is 15.6. The molecule has 0 radical (unpaired) electrons. The van der Waals surface area contributed by atoms with E-state index >= 15 is 0 Å². The molecular weight excluding hydrogens is 268 g/mol. The van der Waals surface area contributed by atoms with Crippen molar-refractivity contribution in [3.8, 4) is 11.5 Å². The predicted octanol–water partition coefficient (Wildman–Crippen LogP) is 2.56. The summed E-state index contributed by atoms with van der Waals surface area (Å²) in [6, 6.07) is 5.81. The number of hydrogen-bond donors (Lipinski definition) is 2. The van der Waals surface area contributed by atoms with Crippen LogP contribution in [0.5, 0.6) is 11.5 Å². The van der Waals surface area contributed by atoms with E-state index in [1.165, 1.54) is 32.1 Å². The van der Waals surface area contributed by atoms with Gasteiger partial charge >= 0.3 is 0 Å². The summed E-state index contributed by atoms with van der Waals surface area (Å²) in [4.78, 5) is 12.0. The Labute approximate surface area is 126 Å². The Morgan fingerprint density at radius 1 is 1.19 bits per heavy atom. The molecule has 0 bridgehead atoms. The van der Waals surface area contributed by atoms with Crippen LogP contribution in [0.2, 0.25) is 0 Å². The maximum absolute atomic E-state index is 12.0. The Morgan fingerprint density at radius 3 is 2.62 bits per heavy atom. The van der Waals surface area contributed by atoms with Gasteiger partial charge in [0.15, 0.2) is 0 Å². The summed E-state index contributed by atoms with van der Waals surface area (Å²) in [6.45, 7) is 0.333. The van der Waals surface area contributed by atoms with E-state index in [1.54, 1.807) is 32.4 Å². The molecule has 116 valence electrons. The normalized spacial score (nSPS) is 15.5. The van der Waals surface area contributed by atoms with E-state index in [2.05, 4.69) is 10.6 Å². The molecule has 1 fully saturated rings. The molecule has 0 heterocycles. The van der Waals surface area contributed by atoms with Crippen molar-refractivity contribution < 1.29 is 14.3 Å². The molecule has 5 nitrogen and oxygen atoms in total. The van der Waals surface area contributed by atoms with Crippen molar-refractivity contribution in [2.24, 2.45) is 0 Å². The maximum atomic E-state index is 12.0. The monoisotopic (exact) mass is 292 g/mol. The van der Waals surface area contributed by atoms with Crippen molar-refractivity contribution in [3.05, 3.63) is 18.2 Å². The van der Waals surface area contributed by atoms with Crippen LogP contribution >= 0.6 is 0 Å². The van der Waals surface area contributed by atoms with Crippen LogP contribution in [-0.4, -0.2) is 32.7 Å². The highest BCUT2D eigenvalue weighted by molar-refractivity contribution is 5.93. The van der Waals surface area contributed by atoms with E-state index < -0.39 is 0 Å². The zero-order valence-corrected chi connectivity index (χ0v) is 12.8. The number of benzene rings is 1. The zero-order valence-electron chi connectivity index (χ0n) is 12.8. The molecular formula is C16H24N2O3. The molecule has 0 atom stereocenters. The van der Waals surface area contributed by atoms with Crippen LogP contribution in [0.3, 0.4) is 0 Å². The summed E-state index contributed by atoms with van der Waals surface area (Å²) < 4.78 is 10.4. The second-order valence-corrected chi connectivity index (χ2v) is 5.33. The molecule has 0 saturated heterocycles. The smallest absolute Gasteiger partial charge is 0.238 e. The minimum Gasteiger partial charge on any atom is -0.497 e. The summed E-state index contributed by atoms with van der Waals surface area (Å²) in [5.74, 6) is 1.24. The Kier molecular flexibility index (Phi) is 5.87. The van der Waals surface area contributed by atoms with Crippen LogP contribution in [-0.2, 0) is 4.79 Å². The van der Waals surface area contributed by atoms with Crippen molar-refractivity contribution in [2.75, 3.05) is 26.1 Å². The number of nitrogens with one attached hydrogen (secondary N) is 2. The van der Waals surface area contributed by atoms with Gasteiger partial charge in [0.1, 0.15) is 11.5 Å². The van der Waals surface area contributed by atoms with Gasteiger partial charge in [-0.2, -0.15) is 0 Å². The van der Waals surface area contributed by atoms with E-state index in [0.717, 1.165) is 0 Å². The van der Waals surface area contributed by atoms with E-state index in [9.17, 15) is 4.79 Å². The lowest BCUT2D eigenvalue weighted by Crippen LogP contribution is -2.37. The van der Waals surface area contributed by atoms with Gasteiger partial charge in [0.05, 0.1) is 26.5 Å². The summed E-state index contributed by atoms with van der Waals surface area (Å²) in [5, 5.41) is 6.19. The summed E-state index contributed by atoms with van der Waals surface area (Å²) in [5.41, 5.74) is 0.661. The Hall–Kier alpha value is -1.75. The molecule has 1 aliphatic carbocycles. The third kappa shape index (κ3) is 4.63. The number of hydrogen-bond acceptors (Lipinski definition) is 4. The second-order valence-electron chi connectivity index (χ2n) is 5.33. The van der Waals surface area contributed by atoms with Gasteiger partial charge in [-0.15, -0.1) is 0 Å². The highest BCUT2D eigenvalue weighted by Crippen LogP contribution is 2.28. The van der Waals surface area contributed by atoms with Gasteiger partial charge < -0.3 is 20.1 Å². The molecule has 0 spiro atoms. The van der Waals surface area contributed by atoms with Crippen molar-refractivity contribution in [1.82, 2.24) is 5.32 Å². The lowest BCUT2D eigenvalue weighted by Gasteiger charge is -2.22. The van der Waals surface area contributed by atoms with Gasteiger partial charge in [-0.3, -0.25) is 4.79 Å². The number of ether oxygens (including phenoxy) is 2. The lowest BCUT2D eigenvalue weighted by molar-refractivity contribution is -0.115. The van der Waals surface area contributed by atoms with Crippen molar-refractivity contribution in [2.45, 2.75) is 38.1 Å². The van der Waals surface area contributed by atoms with Crippen LogP contribution in [0.25, 0.3) is 0 Å². The number of carbonyl (C=O) groups is 1. The second kappa shape index (κ2) is 7.88. The number of anilines is 1. The number of carbonyl (C=O) groups excluding carboxylic acids is 1. The molecule has 21 heavy (non-hydrogen) atoms. The van der Waals surface area contributed by atoms with Crippen molar-refractivity contribution in [1.29, 1.82) is 0 Å². The first-order valence-corrected chi connectivity index (χ1v) is 7.48. The molecule has 1 amide bonds. The summed E-state index contributed by atoms with van der Waals surface area (Å²) >= 11 is 0. The van der Waals surface area contributed by atoms with Gasteiger partial charge in [0.2, 0.25) is 5.91 Å². The highest BCUT2D eigenvalue weighted by atomic mass is 16.5. The fraction of sp³-hybridized carbons (Fsp3) is 0.562. The van der Waals surface area contributed by atoms with Crippen molar-refractivity contribution >= 4 is 11.6 Å². The zero-order chi connectivity index (χ0) is 15.1. The molecule has 2 N–H and O–H groups in total. The molecule has 1 aromatic carbocycles. The van der Waals surface area contributed by atoms with Crippen molar-refractivity contribution in [3.63, 3.8) is 0 Å². The van der Waals surface area contributed by atoms with Crippen LogP contribution in [0.4, 0.5) is 5.69 Å². The van der Waals surface area contributed by atoms with Gasteiger partial charge in [-0.05, 0) is 25.0 Å². The molecule has 0 unspecified atom stereocenters. The summed E-state index contributed by atoms with van der Waals surface area (Å²) in [6.07, 6.45) is 6.16. The first-order valence-electron chi connectivity index (χ1n) is 7.48. The third-order valence-electron chi connectivity index (χ3n) is 3.84. The largest absolute Gasteiger partial charge is 0.497 e. The Morgan fingerprint density at radius 2 is 1.95 bits per heavy atom. The van der Waals surface area contributed by atoms with E-state index in [4.69, 9.17) is 9.47 Å². The molecule has 0 aliphatic heterocycles. The molecule has 2 rings (SSSR count). The minimum absolute atomic E-state index is 0.0518. The minimum atomic E-state index is -0.0518. The van der Waals surface area contributed by atoms with Crippen LogP contribution in [0.15, 0.2) is 18.2 Å². The average molecular weight is 292 g/mol. The highest BCUT2D eigenvalue weighted by Gasteiger charge is 2.14. The Bertz CT molecular complexity index is 471.